The van der Waals surface area contributed by atoms with E-state index in [2.05, 4.69) is 39.6 Å². The van der Waals surface area contributed by atoms with Gasteiger partial charge in [-0.05, 0) is 30.7 Å². The van der Waals surface area contributed by atoms with Crippen LogP contribution in [0.1, 0.15) is 40.5 Å². The lowest BCUT2D eigenvalue weighted by Crippen LogP contribution is -2.47. The zero-order valence-corrected chi connectivity index (χ0v) is 9.28. The van der Waals surface area contributed by atoms with Gasteiger partial charge in [0.1, 0.15) is 0 Å². The number of hydrogen-bond donors (Lipinski definition) is 0. The minimum atomic E-state index is 0.512. The molecule has 1 saturated heterocycles. The Morgan fingerprint density at radius 3 is 2.17 bits per heavy atom. The van der Waals surface area contributed by atoms with Gasteiger partial charge in [-0.1, -0.05) is 27.7 Å². The normalized spacial score (nSPS) is 36.8. The molecule has 0 bridgehead atoms. The van der Waals surface area contributed by atoms with Crippen molar-refractivity contribution in [1.29, 1.82) is 0 Å². The van der Waals surface area contributed by atoms with Crippen molar-refractivity contribution in [3.05, 3.63) is 0 Å². The van der Waals surface area contributed by atoms with Crippen molar-refractivity contribution in [3.63, 3.8) is 0 Å². The number of nitrogens with zero attached hydrogens (tertiary/aromatic N) is 1. The molecule has 0 amide bonds. The highest BCUT2D eigenvalue weighted by molar-refractivity contribution is 4.90. The molecule has 1 unspecified atom stereocenters. The van der Waals surface area contributed by atoms with Gasteiger partial charge in [0, 0.05) is 13.1 Å². The Balaban J connectivity index is 2.70. The summed E-state index contributed by atoms with van der Waals surface area (Å²) in [6.45, 7) is 12.0. The Morgan fingerprint density at radius 1 is 1.17 bits per heavy atom. The van der Waals surface area contributed by atoms with Gasteiger partial charge in [-0.25, -0.2) is 0 Å². The van der Waals surface area contributed by atoms with Crippen molar-refractivity contribution in [2.45, 2.75) is 40.5 Å². The highest BCUT2D eigenvalue weighted by atomic mass is 15.1. The molecule has 1 aliphatic rings. The van der Waals surface area contributed by atoms with Gasteiger partial charge in [-0.15, -0.1) is 0 Å². The lowest BCUT2D eigenvalue weighted by Gasteiger charge is -2.47. The van der Waals surface area contributed by atoms with E-state index in [-0.39, 0.29) is 0 Å². The highest BCUT2D eigenvalue weighted by Gasteiger charge is 2.37. The van der Waals surface area contributed by atoms with Gasteiger partial charge in [-0.3, -0.25) is 0 Å². The van der Waals surface area contributed by atoms with Crippen LogP contribution in [0.2, 0.25) is 0 Å². The number of likely N-dealkylation sites (tertiary alicyclic amines) is 1. The molecule has 1 aliphatic heterocycles. The predicted molar refractivity (Wildman–Crippen MR) is 54.3 cm³/mol. The van der Waals surface area contributed by atoms with Gasteiger partial charge >= 0.3 is 0 Å². The number of hydrogen-bond acceptors (Lipinski definition) is 1. The van der Waals surface area contributed by atoms with Crippen molar-refractivity contribution in [2.24, 2.45) is 10.8 Å². The average molecular weight is 169 g/mol. The Hall–Kier alpha value is -0.0400. The molecular weight excluding hydrogens is 146 g/mol. The summed E-state index contributed by atoms with van der Waals surface area (Å²) in [7, 11) is 2.24. The summed E-state index contributed by atoms with van der Waals surface area (Å²) in [4.78, 5) is 2.48. The second kappa shape index (κ2) is 3.02. The molecule has 1 atom stereocenters. The third-order valence-electron chi connectivity index (χ3n) is 3.11. The second-order valence-corrected chi connectivity index (χ2v) is 5.68. The van der Waals surface area contributed by atoms with Gasteiger partial charge in [0.05, 0.1) is 0 Å². The molecule has 1 heterocycles. The van der Waals surface area contributed by atoms with Crippen LogP contribution in [0.15, 0.2) is 0 Å². The van der Waals surface area contributed by atoms with Crippen LogP contribution in [0.25, 0.3) is 0 Å². The van der Waals surface area contributed by atoms with Gasteiger partial charge < -0.3 is 4.90 Å². The molecule has 0 aromatic rings. The van der Waals surface area contributed by atoms with Crippen LogP contribution in [-0.2, 0) is 0 Å². The Morgan fingerprint density at radius 2 is 1.75 bits per heavy atom. The molecule has 0 radical (unpaired) electrons. The highest BCUT2D eigenvalue weighted by Crippen LogP contribution is 2.41. The maximum atomic E-state index is 2.48. The summed E-state index contributed by atoms with van der Waals surface area (Å²) >= 11 is 0. The Labute approximate surface area is 77.1 Å². The summed E-state index contributed by atoms with van der Waals surface area (Å²) in [6.07, 6.45) is 2.68. The SMILES string of the molecule is CCC1(C)CN(C)CC(C)(C)C1. The van der Waals surface area contributed by atoms with Crippen molar-refractivity contribution >= 4 is 0 Å². The molecule has 1 fully saturated rings. The molecule has 72 valence electrons. The van der Waals surface area contributed by atoms with Crippen LogP contribution in [0.5, 0.6) is 0 Å². The van der Waals surface area contributed by atoms with E-state index in [0.29, 0.717) is 10.8 Å². The first-order valence-electron chi connectivity index (χ1n) is 5.05. The van der Waals surface area contributed by atoms with E-state index in [1.807, 2.05) is 0 Å². The monoisotopic (exact) mass is 169 g/mol. The van der Waals surface area contributed by atoms with Crippen LogP contribution in [0.3, 0.4) is 0 Å². The van der Waals surface area contributed by atoms with Crippen LogP contribution >= 0.6 is 0 Å². The zero-order chi connectivity index (χ0) is 9.41. The zero-order valence-electron chi connectivity index (χ0n) is 9.28. The quantitative estimate of drug-likeness (QED) is 0.583. The maximum Gasteiger partial charge on any atom is 0.00326 e. The smallest absolute Gasteiger partial charge is 0.00326 e. The van der Waals surface area contributed by atoms with Crippen molar-refractivity contribution in [1.82, 2.24) is 4.90 Å². The minimum absolute atomic E-state index is 0.512. The summed E-state index contributed by atoms with van der Waals surface area (Å²) in [5, 5.41) is 0. The molecule has 0 aliphatic carbocycles. The second-order valence-electron chi connectivity index (χ2n) is 5.68. The third-order valence-corrected chi connectivity index (χ3v) is 3.11. The summed E-state index contributed by atoms with van der Waals surface area (Å²) in [5.41, 5.74) is 1.06. The first-order chi connectivity index (χ1) is 5.37. The lowest BCUT2D eigenvalue weighted by molar-refractivity contribution is 0.0302. The largest absolute Gasteiger partial charge is 0.305 e. The van der Waals surface area contributed by atoms with E-state index in [9.17, 15) is 0 Å². The fourth-order valence-electron chi connectivity index (χ4n) is 2.94. The Kier molecular flexibility index (Phi) is 2.53. The van der Waals surface area contributed by atoms with E-state index in [4.69, 9.17) is 0 Å². The van der Waals surface area contributed by atoms with E-state index in [0.717, 1.165) is 0 Å². The summed E-state index contributed by atoms with van der Waals surface area (Å²) < 4.78 is 0. The molecule has 0 aromatic carbocycles. The average Bonchev–Trinajstić information content (AvgIpc) is 1.82. The lowest BCUT2D eigenvalue weighted by atomic mass is 9.69. The molecular formula is C11H23N. The molecule has 12 heavy (non-hydrogen) atoms. The molecule has 0 N–H and O–H groups in total. The van der Waals surface area contributed by atoms with Crippen LogP contribution in [0.4, 0.5) is 0 Å². The fourth-order valence-corrected chi connectivity index (χ4v) is 2.94. The third kappa shape index (κ3) is 2.22. The van der Waals surface area contributed by atoms with E-state index in [1.165, 1.54) is 25.9 Å². The van der Waals surface area contributed by atoms with Gasteiger partial charge in [0.2, 0.25) is 0 Å². The molecule has 0 saturated carbocycles. The number of rotatable bonds is 1. The summed E-state index contributed by atoms with van der Waals surface area (Å²) in [6, 6.07) is 0. The molecule has 0 spiro atoms. The molecule has 1 nitrogen and oxygen atoms in total. The van der Waals surface area contributed by atoms with Crippen molar-refractivity contribution < 1.29 is 0 Å². The van der Waals surface area contributed by atoms with E-state index in [1.54, 1.807) is 0 Å². The Bertz CT molecular complexity index is 162. The van der Waals surface area contributed by atoms with Crippen LogP contribution in [0, 0.1) is 10.8 Å². The summed E-state index contributed by atoms with van der Waals surface area (Å²) in [5.74, 6) is 0. The first kappa shape index (κ1) is 10.0. The predicted octanol–water partition coefficient (Wildman–Crippen LogP) is 2.76. The minimum Gasteiger partial charge on any atom is -0.305 e. The molecule has 1 rings (SSSR count). The molecule has 1 heteroatoms. The topological polar surface area (TPSA) is 3.24 Å². The van der Waals surface area contributed by atoms with Gasteiger partial charge in [-0.2, -0.15) is 0 Å². The maximum absolute atomic E-state index is 2.48. The van der Waals surface area contributed by atoms with E-state index >= 15 is 0 Å². The van der Waals surface area contributed by atoms with Crippen LogP contribution < -0.4 is 0 Å². The fraction of sp³-hybridized carbons (Fsp3) is 1.00. The van der Waals surface area contributed by atoms with E-state index < -0.39 is 0 Å². The molecule has 0 aromatic heterocycles. The van der Waals surface area contributed by atoms with Crippen LogP contribution in [-0.4, -0.2) is 25.0 Å². The first-order valence-corrected chi connectivity index (χ1v) is 5.05. The van der Waals surface area contributed by atoms with Gasteiger partial charge in [0.25, 0.3) is 0 Å². The standard InChI is InChI=1S/C11H23N/c1-6-11(4)7-10(2,3)8-12(5)9-11/h6-9H2,1-5H3. The van der Waals surface area contributed by atoms with Crippen molar-refractivity contribution in [3.8, 4) is 0 Å². The number of piperidine rings is 1. The van der Waals surface area contributed by atoms with Crippen molar-refractivity contribution in [2.75, 3.05) is 20.1 Å². The van der Waals surface area contributed by atoms with Gasteiger partial charge in [0.15, 0.2) is 0 Å².